The van der Waals surface area contributed by atoms with Crippen LogP contribution in [0.2, 0.25) is 0 Å². The minimum atomic E-state index is -0.788. The second kappa shape index (κ2) is 10.9. The number of thiophene rings is 1. The Hall–Kier alpha value is -3.72. The summed E-state index contributed by atoms with van der Waals surface area (Å²) in [5.41, 5.74) is 2.13. The average molecular weight is 533 g/mol. The number of aryl methyl sites for hydroxylation is 1. The van der Waals surface area contributed by atoms with Gasteiger partial charge in [-0.3, -0.25) is 19.8 Å². The topological polar surface area (TPSA) is 105 Å². The summed E-state index contributed by atoms with van der Waals surface area (Å²) >= 11 is 1.54. The first-order chi connectivity index (χ1) is 18.4. The van der Waals surface area contributed by atoms with Gasteiger partial charge < -0.3 is 9.67 Å². The van der Waals surface area contributed by atoms with Crippen LogP contribution in [0.3, 0.4) is 0 Å². The largest absolute Gasteiger partial charge is 0.481 e. The summed E-state index contributed by atoms with van der Waals surface area (Å²) in [5.74, 6) is -0.256. The normalized spacial score (nSPS) is 17.9. The number of unbranched alkanes of at least 4 members (excludes halogenated alkanes) is 1. The summed E-state index contributed by atoms with van der Waals surface area (Å²) in [7, 11) is 0. The molecular formula is C29H32N4O4S. The van der Waals surface area contributed by atoms with Gasteiger partial charge in [0.05, 0.1) is 23.9 Å². The Morgan fingerprint density at radius 2 is 1.92 bits per heavy atom. The van der Waals surface area contributed by atoms with Crippen molar-refractivity contribution in [1.29, 1.82) is 0 Å². The number of imide groups is 1. The first-order valence-corrected chi connectivity index (χ1v) is 14.0. The van der Waals surface area contributed by atoms with Gasteiger partial charge in [0.25, 0.3) is 5.91 Å². The Kier molecular flexibility index (Phi) is 7.46. The zero-order valence-corrected chi connectivity index (χ0v) is 22.3. The highest BCUT2D eigenvalue weighted by Gasteiger charge is 2.42. The van der Waals surface area contributed by atoms with E-state index in [-0.39, 0.29) is 0 Å². The van der Waals surface area contributed by atoms with Gasteiger partial charge in [-0.15, -0.1) is 11.3 Å². The van der Waals surface area contributed by atoms with Crippen LogP contribution in [-0.4, -0.2) is 37.5 Å². The van der Waals surface area contributed by atoms with Crippen molar-refractivity contribution in [2.24, 2.45) is 0 Å². The second-order valence-corrected chi connectivity index (χ2v) is 11.1. The number of carboxylic acid groups (broad SMARTS) is 1. The van der Waals surface area contributed by atoms with Gasteiger partial charge >= 0.3 is 12.0 Å². The van der Waals surface area contributed by atoms with Crippen LogP contribution in [0.4, 0.5) is 4.79 Å². The smallest absolute Gasteiger partial charge is 0.329 e. The van der Waals surface area contributed by atoms with Crippen molar-refractivity contribution in [2.45, 2.75) is 70.4 Å². The molecule has 1 aliphatic heterocycles. The summed E-state index contributed by atoms with van der Waals surface area (Å²) in [6.07, 6.45) is 9.51. The van der Waals surface area contributed by atoms with E-state index in [1.807, 2.05) is 41.8 Å². The highest BCUT2D eigenvalue weighted by Crippen LogP contribution is 2.41. The minimum absolute atomic E-state index is 0.298. The number of imidazole rings is 1. The van der Waals surface area contributed by atoms with Gasteiger partial charge in [-0.05, 0) is 47.9 Å². The predicted molar refractivity (Wildman–Crippen MR) is 146 cm³/mol. The molecule has 0 radical (unpaired) electrons. The standard InChI is InChI=1S/C29H32N4O4S/c1-2-3-8-25-30-17-22(16-24-26(34)31-28(37)33(24)19-23-7-6-15-38-23)32(25)18-20-9-11-21(12-10-20)29(27(35)36)13-4-5-14-29/h6-7,9-12,15-17H,2-5,8,13-14,18-19H2,1H3,(H,35,36)(H,31,34,37). The van der Waals surface area contributed by atoms with Crippen LogP contribution < -0.4 is 5.32 Å². The van der Waals surface area contributed by atoms with Gasteiger partial charge in [0.15, 0.2) is 0 Å². The van der Waals surface area contributed by atoms with Crippen molar-refractivity contribution >= 4 is 35.3 Å². The molecule has 1 saturated carbocycles. The van der Waals surface area contributed by atoms with E-state index in [0.29, 0.717) is 31.6 Å². The number of carbonyl (C=O) groups excluding carboxylic acids is 2. The Balaban J connectivity index is 1.45. The first-order valence-electron chi connectivity index (χ1n) is 13.2. The molecule has 8 nitrogen and oxygen atoms in total. The van der Waals surface area contributed by atoms with Gasteiger partial charge in [-0.2, -0.15) is 0 Å². The molecule has 1 saturated heterocycles. The summed E-state index contributed by atoms with van der Waals surface area (Å²) in [6, 6.07) is 11.3. The Bertz CT molecular complexity index is 1350. The molecule has 1 aromatic carbocycles. The molecule has 2 aromatic heterocycles. The lowest BCUT2D eigenvalue weighted by Gasteiger charge is -2.24. The lowest BCUT2D eigenvalue weighted by molar-refractivity contribution is -0.143. The molecule has 38 heavy (non-hydrogen) atoms. The Labute approximate surface area is 226 Å². The number of nitrogens with zero attached hydrogens (tertiary/aromatic N) is 3. The average Bonchev–Trinajstić information content (AvgIpc) is 3.70. The fourth-order valence-corrected chi connectivity index (χ4v) is 6.13. The molecule has 0 bridgehead atoms. The van der Waals surface area contributed by atoms with Gasteiger partial charge in [-0.25, -0.2) is 9.78 Å². The maximum absolute atomic E-state index is 12.7. The van der Waals surface area contributed by atoms with Crippen LogP contribution in [0.25, 0.3) is 6.08 Å². The lowest BCUT2D eigenvalue weighted by atomic mass is 9.79. The summed E-state index contributed by atoms with van der Waals surface area (Å²) in [4.78, 5) is 44.5. The molecule has 0 spiro atoms. The molecule has 3 aromatic rings. The van der Waals surface area contributed by atoms with E-state index in [0.717, 1.165) is 59.6 Å². The number of aliphatic carboxylic acids is 1. The maximum Gasteiger partial charge on any atom is 0.329 e. The minimum Gasteiger partial charge on any atom is -0.481 e. The highest BCUT2D eigenvalue weighted by molar-refractivity contribution is 7.09. The van der Waals surface area contributed by atoms with E-state index in [9.17, 15) is 19.5 Å². The molecule has 2 fully saturated rings. The van der Waals surface area contributed by atoms with Crippen molar-refractivity contribution in [3.8, 4) is 0 Å². The number of urea groups is 1. The third kappa shape index (κ3) is 5.03. The van der Waals surface area contributed by atoms with Crippen LogP contribution in [0.15, 0.2) is 53.7 Å². The third-order valence-electron chi connectivity index (χ3n) is 7.60. The van der Waals surface area contributed by atoms with E-state index in [1.54, 1.807) is 12.3 Å². The number of carbonyl (C=O) groups is 3. The monoisotopic (exact) mass is 532 g/mol. The SMILES string of the molecule is CCCCc1ncc(C=C2C(=O)NC(=O)N2Cc2cccs2)n1Cc1ccc(C2(C(=O)O)CCCC2)cc1. The lowest BCUT2D eigenvalue weighted by Crippen LogP contribution is -2.32. The van der Waals surface area contributed by atoms with E-state index >= 15 is 0 Å². The molecule has 0 atom stereocenters. The number of benzene rings is 1. The van der Waals surface area contributed by atoms with Gasteiger partial charge in [0, 0.05) is 17.8 Å². The van der Waals surface area contributed by atoms with Crippen molar-refractivity contribution < 1.29 is 19.5 Å². The van der Waals surface area contributed by atoms with E-state index in [1.165, 1.54) is 16.2 Å². The molecule has 198 valence electrons. The fourth-order valence-electron chi connectivity index (χ4n) is 5.44. The molecular weight excluding hydrogens is 500 g/mol. The molecule has 3 amide bonds. The third-order valence-corrected chi connectivity index (χ3v) is 8.47. The van der Waals surface area contributed by atoms with Crippen LogP contribution in [0.5, 0.6) is 0 Å². The van der Waals surface area contributed by atoms with E-state index < -0.39 is 23.3 Å². The molecule has 2 N–H and O–H groups in total. The molecule has 9 heteroatoms. The highest BCUT2D eigenvalue weighted by atomic mass is 32.1. The second-order valence-electron chi connectivity index (χ2n) is 10.0. The van der Waals surface area contributed by atoms with Crippen molar-refractivity contribution in [3.05, 3.63) is 81.2 Å². The Morgan fingerprint density at radius 1 is 1.16 bits per heavy atom. The van der Waals surface area contributed by atoms with Gasteiger partial charge in [0.2, 0.25) is 0 Å². The summed E-state index contributed by atoms with van der Waals surface area (Å²) in [5, 5.41) is 14.3. The van der Waals surface area contributed by atoms with Crippen molar-refractivity contribution in [3.63, 3.8) is 0 Å². The molecule has 5 rings (SSSR count). The maximum atomic E-state index is 12.7. The van der Waals surface area contributed by atoms with Crippen molar-refractivity contribution in [2.75, 3.05) is 0 Å². The van der Waals surface area contributed by atoms with Crippen LogP contribution >= 0.6 is 11.3 Å². The number of rotatable bonds is 10. The predicted octanol–water partition coefficient (Wildman–Crippen LogP) is 5.32. The molecule has 2 aliphatic rings. The number of amides is 3. The van der Waals surface area contributed by atoms with E-state index in [2.05, 4.69) is 21.8 Å². The number of hydrogen-bond acceptors (Lipinski definition) is 5. The first kappa shape index (κ1) is 25.9. The fraction of sp³-hybridized carbons (Fsp3) is 0.379. The Morgan fingerprint density at radius 3 is 2.58 bits per heavy atom. The van der Waals surface area contributed by atoms with Crippen molar-refractivity contribution in [1.82, 2.24) is 19.8 Å². The van der Waals surface area contributed by atoms with Crippen LogP contribution in [0, 0.1) is 0 Å². The van der Waals surface area contributed by atoms with Crippen LogP contribution in [0.1, 0.15) is 73.0 Å². The quantitative estimate of drug-likeness (QED) is 0.271. The number of carboxylic acids is 1. The van der Waals surface area contributed by atoms with E-state index in [4.69, 9.17) is 0 Å². The molecule has 3 heterocycles. The summed E-state index contributed by atoms with van der Waals surface area (Å²) < 4.78 is 2.08. The molecule has 0 unspecified atom stereocenters. The van der Waals surface area contributed by atoms with Gasteiger partial charge in [-0.1, -0.05) is 56.5 Å². The van der Waals surface area contributed by atoms with Gasteiger partial charge in [0.1, 0.15) is 11.5 Å². The summed E-state index contributed by atoms with van der Waals surface area (Å²) in [6.45, 7) is 2.98. The zero-order valence-electron chi connectivity index (χ0n) is 21.5. The molecule has 1 aliphatic carbocycles. The zero-order chi connectivity index (χ0) is 26.7. The number of hydrogen-bond donors (Lipinski definition) is 2. The number of aromatic nitrogens is 2. The number of nitrogens with one attached hydrogen (secondary N) is 1. The van der Waals surface area contributed by atoms with Crippen LogP contribution in [-0.2, 0) is 34.5 Å².